The molecule has 1 unspecified atom stereocenters. The lowest BCUT2D eigenvalue weighted by molar-refractivity contribution is 0.619. The standard InChI is InChI=1S/C14H19BrFNS/c15-13-8-10(5-6-14(13)16)7-11(17)9-18-12-3-1-2-4-12/h5-6,8,11-12H,1-4,7,9,17H2. The van der Waals surface area contributed by atoms with Gasteiger partial charge in [0.2, 0.25) is 0 Å². The van der Waals surface area contributed by atoms with Crippen LogP contribution in [0.1, 0.15) is 31.2 Å². The fourth-order valence-electron chi connectivity index (χ4n) is 2.34. The number of thioether (sulfide) groups is 1. The van der Waals surface area contributed by atoms with Crippen molar-refractivity contribution in [2.24, 2.45) is 5.73 Å². The van der Waals surface area contributed by atoms with E-state index in [0.717, 1.165) is 23.0 Å². The van der Waals surface area contributed by atoms with Gasteiger partial charge in [0.1, 0.15) is 5.82 Å². The summed E-state index contributed by atoms with van der Waals surface area (Å²) < 4.78 is 13.6. The third-order valence-electron chi connectivity index (χ3n) is 3.33. The van der Waals surface area contributed by atoms with Crippen LogP contribution in [0.5, 0.6) is 0 Å². The van der Waals surface area contributed by atoms with Gasteiger partial charge in [-0.2, -0.15) is 11.8 Å². The molecule has 1 atom stereocenters. The zero-order valence-electron chi connectivity index (χ0n) is 10.4. The van der Waals surface area contributed by atoms with Gasteiger partial charge in [-0.05, 0) is 52.9 Å². The summed E-state index contributed by atoms with van der Waals surface area (Å²) in [5.74, 6) is 0.785. The Morgan fingerprint density at radius 3 is 2.78 bits per heavy atom. The predicted molar refractivity (Wildman–Crippen MR) is 80.5 cm³/mol. The van der Waals surface area contributed by atoms with Crippen molar-refractivity contribution in [3.63, 3.8) is 0 Å². The van der Waals surface area contributed by atoms with Crippen molar-refractivity contribution in [3.05, 3.63) is 34.1 Å². The Bertz CT molecular complexity index is 393. The van der Waals surface area contributed by atoms with Crippen molar-refractivity contribution < 1.29 is 4.39 Å². The second-order valence-electron chi connectivity index (χ2n) is 4.95. The van der Waals surface area contributed by atoms with Gasteiger partial charge in [0.15, 0.2) is 0 Å². The first-order valence-corrected chi connectivity index (χ1v) is 8.30. The van der Waals surface area contributed by atoms with E-state index in [-0.39, 0.29) is 11.9 Å². The topological polar surface area (TPSA) is 26.0 Å². The first-order valence-electron chi connectivity index (χ1n) is 6.46. The zero-order valence-corrected chi connectivity index (χ0v) is 12.8. The van der Waals surface area contributed by atoms with Crippen LogP contribution in [-0.4, -0.2) is 17.0 Å². The first kappa shape index (κ1) is 14.4. The van der Waals surface area contributed by atoms with Gasteiger partial charge >= 0.3 is 0 Å². The molecule has 0 aliphatic heterocycles. The van der Waals surface area contributed by atoms with Gasteiger partial charge in [-0.3, -0.25) is 0 Å². The predicted octanol–water partition coefficient (Wildman–Crippen LogP) is 4.13. The van der Waals surface area contributed by atoms with Crippen LogP contribution >= 0.6 is 27.7 Å². The summed E-state index contributed by atoms with van der Waals surface area (Å²) in [6.45, 7) is 0. The van der Waals surface area contributed by atoms with Gasteiger partial charge in [-0.15, -0.1) is 0 Å². The number of hydrogen-bond donors (Lipinski definition) is 1. The highest BCUT2D eigenvalue weighted by Crippen LogP contribution is 2.29. The zero-order chi connectivity index (χ0) is 13.0. The van der Waals surface area contributed by atoms with Crippen molar-refractivity contribution in [2.75, 3.05) is 5.75 Å². The molecule has 1 saturated carbocycles. The lowest BCUT2D eigenvalue weighted by Crippen LogP contribution is -2.26. The van der Waals surface area contributed by atoms with Crippen LogP contribution in [0.15, 0.2) is 22.7 Å². The molecule has 0 bridgehead atoms. The van der Waals surface area contributed by atoms with Crippen molar-refractivity contribution in [1.82, 2.24) is 0 Å². The van der Waals surface area contributed by atoms with Crippen LogP contribution < -0.4 is 5.73 Å². The average molecular weight is 332 g/mol. The molecule has 1 aromatic carbocycles. The highest BCUT2D eigenvalue weighted by atomic mass is 79.9. The van der Waals surface area contributed by atoms with Crippen molar-refractivity contribution >= 4 is 27.7 Å². The summed E-state index contributed by atoms with van der Waals surface area (Å²) in [6, 6.07) is 5.30. The van der Waals surface area contributed by atoms with Crippen LogP contribution in [0.25, 0.3) is 0 Å². The Kier molecular flexibility index (Phi) is 5.52. The van der Waals surface area contributed by atoms with Gasteiger partial charge < -0.3 is 5.73 Å². The SMILES string of the molecule is NC(CSC1CCCC1)Cc1ccc(F)c(Br)c1. The number of nitrogens with two attached hydrogens (primary N) is 1. The quantitative estimate of drug-likeness (QED) is 0.877. The van der Waals surface area contributed by atoms with Gasteiger partial charge in [-0.1, -0.05) is 18.9 Å². The van der Waals surface area contributed by atoms with Crippen molar-refractivity contribution in [2.45, 2.75) is 43.4 Å². The van der Waals surface area contributed by atoms with Crippen molar-refractivity contribution in [3.8, 4) is 0 Å². The summed E-state index contributed by atoms with van der Waals surface area (Å²) in [7, 11) is 0. The number of halogens is 2. The summed E-state index contributed by atoms with van der Waals surface area (Å²) in [5.41, 5.74) is 7.24. The molecule has 1 aliphatic carbocycles. The molecule has 0 saturated heterocycles. The lowest BCUT2D eigenvalue weighted by atomic mass is 10.1. The third kappa shape index (κ3) is 4.25. The van der Waals surface area contributed by atoms with E-state index >= 15 is 0 Å². The maximum atomic E-state index is 13.1. The fraction of sp³-hybridized carbons (Fsp3) is 0.571. The molecule has 100 valence electrons. The lowest BCUT2D eigenvalue weighted by Gasteiger charge is -2.15. The molecule has 0 aromatic heterocycles. The number of rotatable bonds is 5. The maximum absolute atomic E-state index is 13.1. The highest BCUT2D eigenvalue weighted by Gasteiger charge is 2.16. The Morgan fingerprint density at radius 1 is 1.39 bits per heavy atom. The van der Waals surface area contributed by atoms with E-state index in [9.17, 15) is 4.39 Å². The van der Waals surface area contributed by atoms with E-state index in [0.29, 0.717) is 4.47 Å². The molecular weight excluding hydrogens is 313 g/mol. The van der Waals surface area contributed by atoms with E-state index in [1.54, 1.807) is 0 Å². The second kappa shape index (κ2) is 6.92. The molecule has 1 aliphatic rings. The minimum absolute atomic E-state index is 0.160. The maximum Gasteiger partial charge on any atom is 0.137 e. The molecule has 2 rings (SSSR count). The Hall–Kier alpha value is -0.0600. The van der Waals surface area contributed by atoms with Crippen LogP contribution in [0, 0.1) is 5.82 Å². The molecule has 0 heterocycles. The molecule has 0 amide bonds. The normalized spacial score (nSPS) is 18.2. The van der Waals surface area contributed by atoms with Gasteiger partial charge in [0.25, 0.3) is 0 Å². The van der Waals surface area contributed by atoms with Gasteiger partial charge in [0, 0.05) is 17.0 Å². The van der Waals surface area contributed by atoms with Crippen LogP contribution in [0.2, 0.25) is 0 Å². The molecular formula is C14H19BrFNS. The van der Waals surface area contributed by atoms with E-state index < -0.39 is 0 Å². The van der Waals surface area contributed by atoms with Crippen LogP contribution in [0.4, 0.5) is 4.39 Å². The number of benzene rings is 1. The first-order chi connectivity index (χ1) is 8.65. The third-order valence-corrected chi connectivity index (χ3v) is 5.50. The van der Waals surface area contributed by atoms with E-state index in [1.807, 2.05) is 23.9 Å². The smallest absolute Gasteiger partial charge is 0.137 e. The molecule has 1 aromatic rings. The molecule has 1 nitrogen and oxygen atoms in total. The summed E-state index contributed by atoms with van der Waals surface area (Å²) in [6.07, 6.45) is 6.26. The largest absolute Gasteiger partial charge is 0.327 e. The van der Waals surface area contributed by atoms with Gasteiger partial charge in [-0.25, -0.2) is 4.39 Å². The molecule has 4 heteroatoms. The Labute approximate surface area is 121 Å². The van der Waals surface area contributed by atoms with Gasteiger partial charge in [0.05, 0.1) is 4.47 Å². The monoisotopic (exact) mass is 331 g/mol. The highest BCUT2D eigenvalue weighted by molar-refractivity contribution is 9.10. The van der Waals surface area contributed by atoms with E-state index in [4.69, 9.17) is 5.73 Å². The summed E-state index contributed by atoms with van der Waals surface area (Å²) in [4.78, 5) is 0. The molecule has 0 spiro atoms. The minimum Gasteiger partial charge on any atom is -0.327 e. The van der Waals surface area contributed by atoms with E-state index in [1.165, 1.54) is 31.7 Å². The summed E-state index contributed by atoms with van der Waals surface area (Å²) in [5, 5.41) is 0.816. The molecule has 1 fully saturated rings. The molecule has 2 N–H and O–H groups in total. The van der Waals surface area contributed by atoms with Crippen LogP contribution in [-0.2, 0) is 6.42 Å². The molecule has 0 radical (unpaired) electrons. The van der Waals surface area contributed by atoms with Crippen molar-refractivity contribution in [1.29, 1.82) is 0 Å². The van der Waals surface area contributed by atoms with Crippen LogP contribution in [0.3, 0.4) is 0 Å². The second-order valence-corrected chi connectivity index (χ2v) is 7.14. The van der Waals surface area contributed by atoms with E-state index in [2.05, 4.69) is 15.9 Å². The summed E-state index contributed by atoms with van der Waals surface area (Å²) >= 11 is 5.22. The minimum atomic E-state index is -0.215. The number of hydrogen-bond acceptors (Lipinski definition) is 2. The fourth-order valence-corrected chi connectivity index (χ4v) is 4.07. The average Bonchev–Trinajstić information content (AvgIpc) is 2.84. The Morgan fingerprint density at radius 2 is 2.11 bits per heavy atom. The Balaban J connectivity index is 1.78. The molecule has 18 heavy (non-hydrogen) atoms.